The van der Waals surface area contributed by atoms with Gasteiger partial charge in [-0.3, -0.25) is 4.79 Å². The van der Waals surface area contributed by atoms with Gasteiger partial charge < -0.3 is 10.1 Å². The van der Waals surface area contributed by atoms with Gasteiger partial charge in [0.2, 0.25) is 15.9 Å². The first-order valence-corrected chi connectivity index (χ1v) is 10.9. The van der Waals surface area contributed by atoms with E-state index in [0.717, 1.165) is 11.1 Å². The fourth-order valence-electron chi connectivity index (χ4n) is 2.66. The van der Waals surface area contributed by atoms with Crippen molar-refractivity contribution in [3.05, 3.63) is 65.7 Å². The molecular weight excluding hydrogens is 376 g/mol. The van der Waals surface area contributed by atoms with Crippen molar-refractivity contribution in [3.8, 4) is 0 Å². The molecule has 2 rings (SSSR count). The van der Waals surface area contributed by atoms with Crippen molar-refractivity contribution in [2.75, 3.05) is 19.8 Å². The standard InChI is InChI=1S/C21H28N2O4S/c1-3-27-15-7-14-22-21(24)20(16-18-8-5-4-6-9-18)23-28(25,26)19-12-10-17(2)11-13-19/h4-6,8-13,20,23H,3,7,14-16H2,1-2H3,(H,22,24)/t20-/m1/s1. The smallest absolute Gasteiger partial charge is 0.241 e. The summed E-state index contributed by atoms with van der Waals surface area (Å²) in [7, 11) is -3.82. The Hall–Kier alpha value is -2.22. The van der Waals surface area contributed by atoms with E-state index >= 15 is 0 Å². The van der Waals surface area contributed by atoms with Gasteiger partial charge in [-0.25, -0.2) is 8.42 Å². The number of ether oxygens (including phenoxy) is 1. The lowest BCUT2D eigenvalue weighted by atomic mass is 10.1. The van der Waals surface area contributed by atoms with E-state index in [9.17, 15) is 13.2 Å². The fourth-order valence-corrected chi connectivity index (χ4v) is 3.86. The molecule has 0 saturated carbocycles. The Bertz CT molecular complexity index is 836. The number of aryl methyl sites for hydroxylation is 1. The summed E-state index contributed by atoms with van der Waals surface area (Å²) in [6.07, 6.45) is 0.936. The lowest BCUT2D eigenvalue weighted by molar-refractivity contribution is -0.122. The van der Waals surface area contributed by atoms with E-state index < -0.39 is 16.1 Å². The molecule has 0 heterocycles. The minimum absolute atomic E-state index is 0.139. The largest absolute Gasteiger partial charge is 0.382 e. The van der Waals surface area contributed by atoms with Gasteiger partial charge >= 0.3 is 0 Å². The molecule has 1 atom stereocenters. The highest BCUT2D eigenvalue weighted by molar-refractivity contribution is 7.89. The Morgan fingerprint density at radius 3 is 2.39 bits per heavy atom. The number of carbonyl (C=O) groups excluding carboxylic acids is 1. The molecule has 0 aromatic heterocycles. The SMILES string of the molecule is CCOCCCNC(=O)[C@@H](Cc1ccccc1)NS(=O)(=O)c1ccc(C)cc1. The van der Waals surface area contributed by atoms with Gasteiger partial charge in [0.15, 0.2) is 0 Å². The van der Waals surface area contributed by atoms with Crippen LogP contribution in [-0.2, 0) is 26.0 Å². The monoisotopic (exact) mass is 404 g/mol. The highest BCUT2D eigenvalue weighted by Gasteiger charge is 2.25. The quantitative estimate of drug-likeness (QED) is 0.564. The van der Waals surface area contributed by atoms with Crippen molar-refractivity contribution in [2.45, 2.75) is 37.6 Å². The van der Waals surface area contributed by atoms with Crippen LogP contribution in [0.25, 0.3) is 0 Å². The van der Waals surface area contributed by atoms with E-state index in [1.807, 2.05) is 44.2 Å². The Balaban J connectivity index is 2.10. The third-order valence-electron chi connectivity index (χ3n) is 4.20. The molecule has 2 aromatic carbocycles. The summed E-state index contributed by atoms with van der Waals surface area (Å²) in [6, 6.07) is 15.0. The average Bonchev–Trinajstić information content (AvgIpc) is 2.68. The van der Waals surface area contributed by atoms with Gasteiger partial charge in [-0.15, -0.1) is 0 Å². The topological polar surface area (TPSA) is 84.5 Å². The highest BCUT2D eigenvalue weighted by atomic mass is 32.2. The first-order chi connectivity index (χ1) is 13.4. The number of amides is 1. The first-order valence-electron chi connectivity index (χ1n) is 9.40. The Morgan fingerprint density at radius 1 is 1.07 bits per heavy atom. The summed E-state index contributed by atoms with van der Waals surface area (Å²) in [5, 5.41) is 2.80. The minimum atomic E-state index is -3.82. The van der Waals surface area contributed by atoms with Crippen LogP contribution in [0.1, 0.15) is 24.5 Å². The van der Waals surface area contributed by atoms with Crippen molar-refractivity contribution in [1.82, 2.24) is 10.0 Å². The van der Waals surface area contributed by atoms with E-state index in [1.165, 1.54) is 12.1 Å². The summed E-state index contributed by atoms with van der Waals surface area (Å²) in [5.74, 6) is -0.351. The van der Waals surface area contributed by atoms with Crippen LogP contribution in [0.4, 0.5) is 0 Å². The predicted molar refractivity (Wildman–Crippen MR) is 110 cm³/mol. The molecule has 0 saturated heterocycles. The average molecular weight is 405 g/mol. The molecule has 0 fully saturated rings. The Kier molecular flexibility index (Phi) is 8.63. The van der Waals surface area contributed by atoms with Crippen LogP contribution in [0.5, 0.6) is 0 Å². The van der Waals surface area contributed by atoms with Gasteiger partial charge in [-0.05, 0) is 44.4 Å². The van der Waals surface area contributed by atoms with E-state index in [-0.39, 0.29) is 17.2 Å². The van der Waals surface area contributed by atoms with Crippen LogP contribution in [0.2, 0.25) is 0 Å². The van der Waals surface area contributed by atoms with Crippen molar-refractivity contribution in [1.29, 1.82) is 0 Å². The zero-order valence-corrected chi connectivity index (χ0v) is 17.2. The molecule has 2 N–H and O–H groups in total. The molecule has 1 amide bonds. The highest BCUT2D eigenvalue weighted by Crippen LogP contribution is 2.12. The molecule has 7 heteroatoms. The van der Waals surface area contributed by atoms with Crippen LogP contribution in [-0.4, -0.2) is 40.1 Å². The van der Waals surface area contributed by atoms with Gasteiger partial charge in [-0.1, -0.05) is 48.0 Å². The van der Waals surface area contributed by atoms with E-state index in [0.29, 0.717) is 26.2 Å². The van der Waals surface area contributed by atoms with Crippen LogP contribution in [0, 0.1) is 6.92 Å². The van der Waals surface area contributed by atoms with Gasteiger partial charge in [0.05, 0.1) is 4.90 Å². The second-order valence-corrected chi connectivity index (χ2v) is 8.23. The Morgan fingerprint density at radius 2 is 1.75 bits per heavy atom. The first kappa shape index (κ1) is 22.1. The third kappa shape index (κ3) is 7.07. The van der Waals surface area contributed by atoms with E-state index in [2.05, 4.69) is 10.0 Å². The molecular formula is C21H28N2O4S. The van der Waals surface area contributed by atoms with E-state index in [4.69, 9.17) is 4.74 Å². The third-order valence-corrected chi connectivity index (χ3v) is 5.68. The zero-order valence-electron chi connectivity index (χ0n) is 16.4. The van der Waals surface area contributed by atoms with Crippen LogP contribution in [0.15, 0.2) is 59.5 Å². The number of nitrogens with one attached hydrogen (secondary N) is 2. The summed E-state index contributed by atoms with van der Waals surface area (Å²) >= 11 is 0. The molecule has 0 aliphatic rings. The van der Waals surface area contributed by atoms with Gasteiger partial charge in [0.1, 0.15) is 6.04 Å². The summed E-state index contributed by atoms with van der Waals surface area (Å²) in [4.78, 5) is 12.8. The van der Waals surface area contributed by atoms with Crippen LogP contribution in [0.3, 0.4) is 0 Å². The van der Waals surface area contributed by atoms with E-state index in [1.54, 1.807) is 12.1 Å². The molecule has 2 aromatic rings. The molecule has 0 spiro atoms. The summed E-state index contributed by atoms with van der Waals surface area (Å²) in [6.45, 7) is 5.40. The lowest BCUT2D eigenvalue weighted by Gasteiger charge is -2.19. The molecule has 0 bridgehead atoms. The van der Waals surface area contributed by atoms with Gasteiger partial charge in [0, 0.05) is 19.8 Å². The summed E-state index contributed by atoms with van der Waals surface area (Å²) < 4.78 is 33.3. The van der Waals surface area contributed by atoms with Crippen molar-refractivity contribution in [3.63, 3.8) is 0 Å². The maximum absolute atomic E-state index is 12.8. The maximum atomic E-state index is 12.8. The number of benzene rings is 2. The fraction of sp³-hybridized carbons (Fsp3) is 0.381. The van der Waals surface area contributed by atoms with Gasteiger partial charge in [-0.2, -0.15) is 4.72 Å². The van der Waals surface area contributed by atoms with Crippen molar-refractivity contribution >= 4 is 15.9 Å². The second-order valence-electron chi connectivity index (χ2n) is 6.52. The number of carbonyl (C=O) groups is 1. The number of hydrogen-bond donors (Lipinski definition) is 2. The molecule has 0 unspecified atom stereocenters. The van der Waals surface area contributed by atoms with Crippen molar-refractivity contribution in [2.24, 2.45) is 0 Å². The molecule has 28 heavy (non-hydrogen) atoms. The molecule has 6 nitrogen and oxygen atoms in total. The molecule has 0 aliphatic carbocycles. The van der Waals surface area contributed by atoms with Crippen LogP contribution >= 0.6 is 0 Å². The van der Waals surface area contributed by atoms with Crippen molar-refractivity contribution < 1.29 is 17.9 Å². The number of sulfonamides is 1. The minimum Gasteiger partial charge on any atom is -0.382 e. The second kappa shape index (κ2) is 10.9. The molecule has 0 aliphatic heterocycles. The molecule has 152 valence electrons. The normalized spacial score (nSPS) is 12.5. The predicted octanol–water partition coefficient (Wildman–Crippen LogP) is 2.43. The zero-order chi connectivity index (χ0) is 20.4. The number of rotatable bonds is 11. The Labute approximate surface area is 167 Å². The summed E-state index contributed by atoms with van der Waals surface area (Å²) in [5.41, 5.74) is 1.84. The van der Waals surface area contributed by atoms with Gasteiger partial charge in [0.25, 0.3) is 0 Å². The lowest BCUT2D eigenvalue weighted by Crippen LogP contribution is -2.48. The number of hydrogen-bond acceptors (Lipinski definition) is 4. The molecule has 0 radical (unpaired) electrons. The van der Waals surface area contributed by atoms with Crippen LogP contribution < -0.4 is 10.0 Å². The maximum Gasteiger partial charge on any atom is 0.241 e.